The van der Waals surface area contributed by atoms with Crippen molar-refractivity contribution in [2.75, 3.05) is 13.7 Å². The smallest absolute Gasteiger partial charge is 0.335 e. The number of aromatic carboxylic acids is 1. The SMILES string of the molecule is COCCCCn1ccc2cc(C(=O)O)ccc21. The molecule has 1 N–H and O–H groups in total. The van der Waals surface area contributed by atoms with Gasteiger partial charge in [0.25, 0.3) is 0 Å². The minimum atomic E-state index is -0.884. The quantitative estimate of drug-likeness (QED) is 0.798. The lowest BCUT2D eigenvalue weighted by Gasteiger charge is -2.05. The first-order valence-corrected chi connectivity index (χ1v) is 6.03. The molecule has 0 atom stereocenters. The molecular weight excluding hydrogens is 230 g/mol. The monoisotopic (exact) mass is 247 g/mol. The number of carboxylic acid groups (broad SMARTS) is 1. The van der Waals surface area contributed by atoms with Gasteiger partial charge >= 0.3 is 5.97 Å². The third-order valence-corrected chi connectivity index (χ3v) is 3.02. The number of benzene rings is 1. The molecule has 96 valence electrons. The largest absolute Gasteiger partial charge is 0.478 e. The summed E-state index contributed by atoms with van der Waals surface area (Å²) in [6.45, 7) is 1.71. The van der Waals surface area contributed by atoms with Crippen LogP contribution in [0.1, 0.15) is 23.2 Å². The van der Waals surface area contributed by atoms with E-state index in [9.17, 15) is 4.79 Å². The van der Waals surface area contributed by atoms with Crippen LogP contribution in [-0.2, 0) is 11.3 Å². The van der Waals surface area contributed by atoms with Crippen LogP contribution >= 0.6 is 0 Å². The average Bonchev–Trinajstić information content (AvgIpc) is 2.77. The van der Waals surface area contributed by atoms with E-state index in [-0.39, 0.29) is 0 Å². The molecule has 1 aromatic carbocycles. The molecule has 0 bridgehead atoms. The Morgan fingerprint density at radius 3 is 2.89 bits per heavy atom. The molecule has 1 heterocycles. The number of unbranched alkanes of at least 4 members (excludes halogenated alkanes) is 1. The van der Waals surface area contributed by atoms with Crippen LogP contribution in [0.15, 0.2) is 30.5 Å². The van der Waals surface area contributed by atoms with E-state index in [2.05, 4.69) is 4.57 Å². The molecule has 4 nitrogen and oxygen atoms in total. The molecule has 1 aromatic heterocycles. The van der Waals surface area contributed by atoms with Gasteiger partial charge in [-0.15, -0.1) is 0 Å². The van der Waals surface area contributed by atoms with Gasteiger partial charge in [0.05, 0.1) is 5.56 Å². The van der Waals surface area contributed by atoms with Crippen molar-refractivity contribution in [3.63, 3.8) is 0 Å². The fourth-order valence-electron chi connectivity index (χ4n) is 2.06. The molecule has 0 radical (unpaired) electrons. The number of rotatable bonds is 6. The van der Waals surface area contributed by atoms with Gasteiger partial charge in [-0.1, -0.05) is 0 Å². The summed E-state index contributed by atoms with van der Waals surface area (Å²) >= 11 is 0. The van der Waals surface area contributed by atoms with Crippen LogP contribution in [0.5, 0.6) is 0 Å². The van der Waals surface area contributed by atoms with Gasteiger partial charge in [-0.25, -0.2) is 4.79 Å². The zero-order valence-corrected chi connectivity index (χ0v) is 10.4. The first-order chi connectivity index (χ1) is 8.72. The molecule has 0 saturated carbocycles. The number of methoxy groups -OCH3 is 1. The maximum Gasteiger partial charge on any atom is 0.335 e. The molecule has 4 heteroatoms. The highest BCUT2D eigenvalue weighted by Gasteiger charge is 2.06. The zero-order chi connectivity index (χ0) is 13.0. The maximum absolute atomic E-state index is 10.9. The number of hydrogen-bond donors (Lipinski definition) is 1. The van der Waals surface area contributed by atoms with Gasteiger partial charge in [-0.2, -0.15) is 0 Å². The summed E-state index contributed by atoms with van der Waals surface area (Å²) in [6, 6.07) is 7.19. The summed E-state index contributed by atoms with van der Waals surface area (Å²) < 4.78 is 7.17. The van der Waals surface area contributed by atoms with Gasteiger partial charge in [-0.3, -0.25) is 0 Å². The lowest BCUT2D eigenvalue weighted by Crippen LogP contribution is -1.99. The molecule has 0 fully saturated rings. The number of nitrogens with zero attached hydrogens (tertiary/aromatic N) is 1. The second-order valence-corrected chi connectivity index (χ2v) is 4.29. The topological polar surface area (TPSA) is 51.5 Å². The van der Waals surface area contributed by atoms with Crippen LogP contribution in [-0.4, -0.2) is 29.4 Å². The molecule has 18 heavy (non-hydrogen) atoms. The first kappa shape index (κ1) is 12.6. The first-order valence-electron chi connectivity index (χ1n) is 6.03. The van der Waals surface area contributed by atoms with Crippen LogP contribution < -0.4 is 0 Å². The van der Waals surface area contributed by atoms with Crippen LogP contribution in [0.3, 0.4) is 0 Å². The predicted molar refractivity (Wildman–Crippen MR) is 70.0 cm³/mol. The van der Waals surface area contributed by atoms with Crippen molar-refractivity contribution in [3.05, 3.63) is 36.0 Å². The molecule has 0 aliphatic heterocycles. The molecule has 0 spiro atoms. The Morgan fingerprint density at radius 2 is 2.17 bits per heavy atom. The van der Waals surface area contributed by atoms with E-state index in [4.69, 9.17) is 9.84 Å². The van der Waals surface area contributed by atoms with Crippen molar-refractivity contribution in [2.45, 2.75) is 19.4 Å². The number of fused-ring (bicyclic) bond motifs is 1. The summed E-state index contributed by atoms with van der Waals surface area (Å²) in [5, 5.41) is 9.90. The molecule has 2 aromatic rings. The molecule has 0 aliphatic rings. The van der Waals surface area contributed by atoms with Crippen LogP contribution in [0.25, 0.3) is 10.9 Å². The Kier molecular flexibility index (Phi) is 3.99. The standard InChI is InChI=1S/C14H17NO3/c1-18-9-3-2-7-15-8-6-11-10-12(14(16)17)4-5-13(11)15/h4-6,8,10H,2-3,7,9H2,1H3,(H,16,17). The van der Waals surface area contributed by atoms with E-state index in [1.54, 1.807) is 19.2 Å². The highest BCUT2D eigenvalue weighted by Crippen LogP contribution is 2.18. The molecule has 0 amide bonds. The lowest BCUT2D eigenvalue weighted by atomic mass is 10.1. The number of hydrogen-bond acceptors (Lipinski definition) is 2. The van der Waals surface area contributed by atoms with E-state index in [1.807, 2.05) is 18.3 Å². The summed E-state index contributed by atoms with van der Waals surface area (Å²) in [5.41, 5.74) is 1.41. The van der Waals surface area contributed by atoms with E-state index in [0.29, 0.717) is 5.56 Å². The maximum atomic E-state index is 10.9. The number of aryl methyl sites for hydroxylation is 1. The number of carboxylic acids is 1. The van der Waals surface area contributed by atoms with Crippen molar-refractivity contribution in [1.82, 2.24) is 4.57 Å². The molecule has 0 saturated heterocycles. The van der Waals surface area contributed by atoms with E-state index in [0.717, 1.165) is 36.9 Å². The second-order valence-electron chi connectivity index (χ2n) is 4.29. The highest BCUT2D eigenvalue weighted by molar-refractivity contribution is 5.93. The van der Waals surface area contributed by atoms with Crippen molar-refractivity contribution in [2.24, 2.45) is 0 Å². The predicted octanol–water partition coefficient (Wildman–Crippen LogP) is 2.77. The summed E-state index contributed by atoms with van der Waals surface area (Å²) in [7, 11) is 1.71. The minimum Gasteiger partial charge on any atom is -0.478 e. The van der Waals surface area contributed by atoms with E-state index >= 15 is 0 Å². The van der Waals surface area contributed by atoms with E-state index in [1.165, 1.54) is 0 Å². The van der Waals surface area contributed by atoms with E-state index < -0.39 is 5.97 Å². The zero-order valence-electron chi connectivity index (χ0n) is 10.4. The Bertz CT molecular complexity index is 545. The average molecular weight is 247 g/mol. The molecule has 2 rings (SSSR count). The van der Waals surface area contributed by atoms with Crippen molar-refractivity contribution < 1.29 is 14.6 Å². The summed E-state index contributed by atoms with van der Waals surface area (Å²) in [4.78, 5) is 10.9. The van der Waals surface area contributed by atoms with Gasteiger partial charge in [0.2, 0.25) is 0 Å². The van der Waals surface area contributed by atoms with Gasteiger partial charge in [0.1, 0.15) is 0 Å². The van der Waals surface area contributed by atoms with Crippen molar-refractivity contribution in [1.29, 1.82) is 0 Å². The fourth-order valence-corrected chi connectivity index (χ4v) is 2.06. The third kappa shape index (κ3) is 2.71. The second kappa shape index (κ2) is 5.69. The Morgan fingerprint density at radius 1 is 1.33 bits per heavy atom. The number of carbonyl (C=O) groups is 1. The van der Waals surface area contributed by atoms with Gasteiger partial charge in [0.15, 0.2) is 0 Å². The van der Waals surface area contributed by atoms with Gasteiger partial charge < -0.3 is 14.4 Å². The third-order valence-electron chi connectivity index (χ3n) is 3.02. The van der Waals surface area contributed by atoms with Crippen LogP contribution in [0, 0.1) is 0 Å². The molecular formula is C14H17NO3. The molecule has 0 aliphatic carbocycles. The van der Waals surface area contributed by atoms with Crippen LogP contribution in [0.2, 0.25) is 0 Å². The lowest BCUT2D eigenvalue weighted by molar-refractivity contribution is 0.0697. The van der Waals surface area contributed by atoms with Gasteiger partial charge in [0, 0.05) is 37.4 Å². The Hall–Kier alpha value is -1.81. The van der Waals surface area contributed by atoms with Crippen LogP contribution in [0.4, 0.5) is 0 Å². The Balaban J connectivity index is 2.13. The Labute approximate surface area is 106 Å². The highest BCUT2D eigenvalue weighted by atomic mass is 16.5. The minimum absolute atomic E-state index is 0.333. The summed E-state index contributed by atoms with van der Waals surface area (Å²) in [5.74, 6) is -0.884. The number of aromatic nitrogens is 1. The normalized spacial score (nSPS) is 10.9. The fraction of sp³-hybridized carbons (Fsp3) is 0.357. The molecule has 0 unspecified atom stereocenters. The van der Waals surface area contributed by atoms with Crippen molar-refractivity contribution in [3.8, 4) is 0 Å². The number of ether oxygens (including phenoxy) is 1. The van der Waals surface area contributed by atoms with Gasteiger partial charge in [-0.05, 0) is 37.1 Å². The summed E-state index contributed by atoms with van der Waals surface area (Å²) in [6.07, 6.45) is 4.09. The van der Waals surface area contributed by atoms with Crippen molar-refractivity contribution >= 4 is 16.9 Å².